The maximum atomic E-state index is 7.03. The fourth-order valence-corrected chi connectivity index (χ4v) is 7.96. The Kier molecular flexibility index (Phi) is 6.79. The highest BCUT2D eigenvalue weighted by Crippen LogP contribution is 2.44. The molecular formula is C49H30N4O. The Morgan fingerprint density at radius 2 is 0.981 bits per heavy atom. The molecule has 11 rings (SSSR count). The van der Waals surface area contributed by atoms with E-state index >= 15 is 0 Å². The Balaban J connectivity index is 1.26. The minimum absolute atomic E-state index is 0.587. The van der Waals surface area contributed by atoms with Crippen molar-refractivity contribution in [1.82, 2.24) is 19.5 Å². The molecule has 3 aromatic heterocycles. The van der Waals surface area contributed by atoms with Gasteiger partial charge in [0, 0.05) is 38.2 Å². The number of furan rings is 1. The summed E-state index contributed by atoms with van der Waals surface area (Å²) in [5.74, 6) is 1.82. The Morgan fingerprint density at radius 3 is 1.70 bits per heavy atom. The molecule has 0 saturated carbocycles. The second-order valence-corrected chi connectivity index (χ2v) is 13.6. The average Bonchev–Trinajstić information content (AvgIpc) is 3.81. The molecule has 5 heteroatoms. The first kappa shape index (κ1) is 30.3. The summed E-state index contributed by atoms with van der Waals surface area (Å²) in [7, 11) is 0. The van der Waals surface area contributed by atoms with Gasteiger partial charge in [-0.05, 0) is 52.2 Å². The molecule has 0 radical (unpaired) electrons. The van der Waals surface area contributed by atoms with Crippen molar-refractivity contribution in [3.05, 3.63) is 182 Å². The lowest BCUT2D eigenvalue weighted by molar-refractivity contribution is 0.666. The van der Waals surface area contributed by atoms with Crippen molar-refractivity contribution in [1.29, 1.82) is 0 Å². The SMILES string of the molecule is c1ccc(-c2ccc3c4ccccc4n(-c4ccc(-c5nc(-c6ccccc6)nc(-c6ccccc6)n5)c5c4oc4ccc6ccccc6c45)c3c2)cc1. The van der Waals surface area contributed by atoms with Crippen LogP contribution in [-0.2, 0) is 0 Å². The van der Waals surface area contributed by atoms with Crippen LogP contribution in [0.1, 0.15) is 0 Å². The first-order valence-electron chi connectivity index (χ1n) is 18.1. The first-order chi connectivity index (χ1) is 26.8. The van der Waals surface area contributed by atoms with Crippen LogP contribution in [-0.4, -0.2) is 19.5 Å². The van der Waals surface area contributed by atoms with E-state index in [1.54, 1.807) is 0 Å². The Hall–Kier alpha value is -7.37. The molecule has 0 aliphatic carbocycles. The maximum absolute atomic E-state index is 7.03. The lowest BCUT2D eigenvalue weighted by Crippen LogP contribution is -2.01. The molecule has 5 nitrogen and oxygen atoms in total. The number of hydrogen-bond acceptors (Lipinski definition) is 4. The molecule has 0 fully saturated rings. The molecule has 0 spiro atoms. The van der Waals surface area contributed by atoms with Crippen LogP contribution in [0.2, 0.25) is 0 Å². The van der Waals surface area contributed by atoms with Gasteiger partial charge in [0.25, 0.3) is 0 Å². The van der Waals surface area contributed by atoms with E-state index in [-0.39, 0.29) is 0 Å². The number of fused-ring (bicyclic) bond motifs is 8. The molecule has 0 N–H and O–H groups in total. The van der Waals surface area contributed by atoms with E-state index in [1.165, 1.54) is 16.3 Å². The highest BCUT2D eigenvalue weighted by Gasteiger charge is 2.24. The number of para-hydroxylation sites is 1. The van der Waals surface area contributed by atoms with Gasteiger partial charge in [0.15, 0.2) is 23.1 Å². The molecule has 8 aromatic carbocycles. The standard InChI is InChI=1S/C49H30N4O/c1-4-14-31(15-5-1)35-24-26-38-37-22-12-13-23-40(37)53(42(38)30-35)41-28-27-39(45-44-36-21-11-10-16-32(36)25-29-43(44)54-46(41)45)49-51-47(33-17-6-2-7-18-33)50-48(52-49)34-19-8-3-9-20-34/h1-30H. The van der Waals surface area contributed by atoms with Gasteiger partial charge in [-0.3, -0.25) is 0 Å². The normalized spacial score (nSPS) is 11.7. The molecule has 0 saturated heterocycles. The first-order valence-corrected chi connectivity index (χ1v) is 18.1. The summed E-state index contributed by atoms with van der Waals surface area (Å²) in [6, 6.07) is 63.2. The van der Waals surface area contributed by atoms with Gasteiger partial charge in [0.1, 0.15) is 5.58 Å². The van der Waals surface area contributed by atoms with Gasteiger partial charge in [0.05, 0.1) is 16.7 Å². The van der Waals surface area contributed by atoms with E-state index in [4.69, 9.17) is 19.4 Å². The molecule has 0 amide bonds. The number of benzene rings is 8. The Bertz CT molecular complexity index is 3140. The lowest BCUT2D eigenvalue weighted by atomic mass is 9.99. The zero-order valence-electron chi connectivity index (χ0n) is 29.0. The monoisotopic (exact) mass is 690 g/mol. The highest BCUT2D eigenvalue weighted by atomic mass is 16.3. The third-order valence-corrected chi connectivity index (χ3v) is 10.5. The van der Waals surface area contributed by atoms with Crippen molar-refractivity contribution in [2.75, 3.05) is 0 Å². The minimum Gasteiger partial charge on any atom is -0.454 e. The van der Waals surface area contributed by atoms with E-state index in [9.17, 15) is 0 Å². The van der Waals surface area contributed by atoms with Crippen LogP contribution in [0.5, 0.6) is 0 Å². The molecule has 0 bridgehead atoms. The van der Waals surface area contributed by atoms with Crippen LogP contribution in [0, 0.1) is 0 Å². The largest absolute Gasteiger partial charge is 0.454 e. The van der Waals surface area contributed by atoms with Gasteiger partial charge in [-0.1, -0.05) is 152 Å². The van der Waals surface area contributed by atoms with Gasteiger partial charge in [-0.15, -0.1) is 0 Å². The van der Waals surface area contributed by atoms with E-state index in [0.29, 0.717) is 17.5 Å². The van der Waals surface area contributed by atoms with Crippen LogP contribution < -0.4 is 0 Å². The van der Waals surface area contributed by atoms with Crippen molar-refractivity contribution in [2.24, 2.45) is 0 Å². The summed E-state index contributed by atoms with van der Waals surface area (Å²) in [6.07, 6.45) is 0. The van der Waals surface area contributed by atoms with Crippen molar-refractivity contribution >= 4 is 54.5 Å². The number of rotatable bonds is 5. The third-order valence-electron chi connectivity index (χ3n) is 10.5. The van der Waals surface area contributed by atoms with Gasteiger partial charge in [-0.25, -0.2) is 15.0 Å². The molecule has 252 valence electrons. The lowest BCUT2D eigenvalue weighted by Gasteiger charge is -2.13. The molecule has 11 aromatic rings. The smallest absolute Gasteiger partial charge is 0.164 e. The van der Waals surface area contributed by atoms with Gasteiger partial charge in [-0.2, -0.15) is 0 Å². The second-order valence-electron chi connectivity index (χ2n) is 13.6. The van der Waals surface area contributed by atoms with Crippen molar-refractivity contribution in [2.45, 2.75) is 0 Å². The van der Waals surface area contributed by atoms with Crippen LogP contribution in [0.25, 0.3) is 105 Å². The summed E-state index contributed by atoms with van der Waals surface area (Å²) in [5.41, 5.74) is 9.80. The average molecular weight is 691 g/mol. The number of aromatic nitrogens is 4. The zero-order chi connectivity index (χ0) is 35.6. The van der Waals surface area contributed by atoms with E-state index in [0.717, 1.165) is 71.7 Å². The fraction of sp³-hybridized carbons (Fsp3) is 0. The van der Waals surface area contributed by atoms with Crippen molar-refractivity contribution in [3.63, 3.8) is 0 Å². The summed E-state index contributed by atoms with van der Waals surface area (Å²) in [4.78, 5) is 15.4. The van der Waals surface area contributed by atoms with Crippen molar-refractivity contribution < 1.29 is 4.42 Å². The van der Waals surface area contributed by atoms with Crippen molar-refractivity contribution in [3.8, 4) is 51.0 Å². The summed E-state index contributed by atoms with van der Waals surface area (Å²) in [5, 5.41) is 6.62. The van der Waals surface area contributed by atoms with Gasteiger partial charge >= 0.3 is 0 Å². The number of nitrogens with zero attached hydrogens (tertiary/aromatic N) is 4. The highest BCUT2D eigenvalue weighted by molar-refractivity contribution is 6.24. The Labute approximate surface area is 310 Å². The van der Waals surface area contributed by atoms with Crippen LogP contribution >= 0.6 is 0 Å². The number of hydrogen-bond donors (Lipinski definition) is 0. The molecule has 54 heavy (non-hydrogen) atoms. The summed E-state index contributed by atoms with van der Waals surface area (Å²) < 4.78 is 9.38. The summed E-state index contributed by atoms with van der Waals surface area (Å²) >= 11 is 0. The maximum Gasteiger partial charge on any atom is 0.164 e. The molecule has 0 atom stereocenters. The Morgan fingerprint density at radius 1 is 0.389 bits per heavy atom. The van der Waals surface area contributed by atoms with Crippen LogP contribution in [0.4, 0.5) is 0 Å². The van der Waals surface area contributed by atoms with Gasteiger partial charge < -0.3 is 8.98 Å². The zero-order valence-corrected chi connectivity index (χ0v) is 29.0. The third kappa shape index (κ3) is 4.76. The van der Waals surface area contributed by atoms with Crippen LogP contribution in [0.3, 0.4) is 0 Å². The quantitative estimate of drug-likeness (QED) is 0.180. The molecule has 0 unspecified atom stereocenters. The van der Waals surface area contributed by atoms with Crippen LogP contribution in [0.15, 0.2) is 186 Å². The molecule has 3 heterocycles. The fourth-order valence-electron chi connectivity index (χ4n) is 7.96. The van der Waals surface area contributed by atoms with E-state index in [1.807, 2.05) is 60.7 Å². The second kappa shape index (κ2) is 12.1. The predicted octanol–water partition coefficient (Wildman–Crippen LogP) is 12.7. The van der Waals surface area contributed by atoms with E-state index in [2.05, 4.69) is 126 Å². The molecule has 0 aliphatic rings. The molecular weight excluding hydrogens is 661 g/mol. The summed E-state index contributed by atoms with van der Waals surface area (Å²) in [6.45, 7) is 0. The molecule has 0 aliphatic heterocycles. The van der Waals surface area contributed by atoms with E-state index < -0.39 is 0 Å². The minimum atomic E-state index is 0.587. The van der Waals surface area contributed by atoms with Gasteiger partial charge in [0.2, 0.25) is 0 Å². The predicted molar refractivity (Wildman–Crippen MR) is 221 cm³/mol. The topological polar surface area (TPSA) is 56.7 Å².